The van der Waals surface area contributed by atoms with Crippen molar-refractivity contribution in [2.75, 3.05) is 14.2 Å². The Morgan fingerprint density at radius 3 is 0.806 bits per heavy atom. The number of benzene rings is 4. The van der Waals surface area contributed by atoms with Crippen LogP contribution in [0, 0.1) is 58.5 Å². The van der Waals surface area contributed by atoms with Gasteiger partial charge in [0.05, 0.1) is 11.1 Å². The minimum absolute atomic E-state index is 0.00484. The van der Waals surface area contributed by atoms with Crippen molar-refractivity contribution in [2.24, 2.45) is 0 Å². The molecule has 4 unspecified atom stereocenters. The largest absolute Gasteiger partial charge is 0.416 e. The fourth-order valence-electron chi connectivity index (χ4n) is 10.1. The van der Waals surface area contributed by atoms with E-state index in [0.29, 0.717) is 11.1 Å². The van der Waals surface area contributed by atoms with Crippen molar-refractivity contribution < 1.29 is 46.0 Å². The van der Waals surface area contributed by atoms with Gasteiger partial charge in [0, 0.05) is 36.5 Å². The molecule has 0 bridgehead atoms. The second kappa shape index (κ2) is 23.2. The van der Waals surface area contributed by atoms with Crippen LogP contribution in [0.3, 0.4) is 0 Å². The molecule has 382 valence electrons. The van der Waals surface area contributed by atoms with E-state index in [9.17, 15) is 36.6 Å². The smallest absolute Gasteiger partial charge is 0.364 e. The van der Waals surface area contributed by atoms with E-state index in [0.717, 1.165) is 48.5 Å². The van der Waals surface area contributed by atoms with Gasteiger partial charge in [0.25, 0.3) is 0 Å². The molecule has 4 rings (SSSR count). The van der Waals surface area contributed by atoms with Gasteiger partial charge in [-0.3, -0.25) is 0 Å². The Morgan fingerprint density at radius 1 is 0.347 bits per heavy atom. The fourth-order valence-corrected chi connectivity index (χ4v) is 20.6. The zero-order valence-electron chi connectivity index (χ0n) is 43.8. The lowest BCUT2D eigenvalue weighted by atomic mass is 9.87. The molecular formula is C60H68F6O4Si2. The highest BCUT2D eigenvalue weighted by Crippen LogP contribution is 2.43. The number of halogens is 6. The minimum Gasteiger partial charge on any atom is -0.364 e. The summed E-state index contributed by atoms with van der Waals surface area (Å²) in [7, 11) is -2.42. The number of methoxy groups -OCH3 is 2. The van der Waals surface area contributed by atoms with Gasteiger partial charge in [-0.15, -0.1) is 11.1 Å². The van der Waals surface area contributed by atoms with Crippen molar-refractivity contribution in [1.82, 2.24) is 0 Å². The first-order valence-electron chi connectivity index (χ1n) is 24.2. The molecule has 0 spiro atoms. The predicted octanol–water partition coefficient (Wildman–Crippen LogP) is 14.3. The molecule has 0 saturated carbocycles. The van der Waals surface area contributed by atoms with Gasteiger partial charge < -0.3 is 19.7 Å². The minimum atomic E-state index is -4.64. The van der Waals surface area contributed by atoms with Crippen LogP contribution in [0.25, 0.3) is 0 Å². The topological polar surface area (TPSA) is 58.9 Å². The third-order valence-corrected chi connectivity index (χ3v) is 26.7. The summed E-state index contributed by atoms with van der Waals surface area (Å²) in [5.41, 5.74) is -1.69. The van der Waals surface area contributed by atoms with E-state index in [1.807, 2.05) is 0 Å². The van der Waals surface area contributed by atoms with Crippen LogP contribution in [0.2, 0.25) is 33.2 Å². The molecule has 0 saturated heterocycles. The van der Waals surface area contributed by atoms with E-state index in [1.165, 1.54) is 14.2 Å². The molecule has 4 aromatic carbocycles. The third kappa shape index (κ3) is 12.6. The first-order chi connectivity index (χ1) is 33.4. The standard InChI is InChI=1S/C60H68F6O4Si2/c1-43(2)71(44(3)4,45(5)6)41-39-55(67,49-25-29-53(30-26-49)59(61,62)63)33-35-57(69-13,51-21-17-15-18-22-51)37-38-58(70-14,52-23-19-16-20-24-52)36-34-56(68,50-27-31-54(32-28-50)60(64,65)66)40-42-72(46(7)8,47(9)10)48(11)12/h15-32,43-48,67-68H,1-14H3. The lowest BCUT2D eigenvalue weighted by molar-refractivity contribution is -0.138. The predicted molar refractivity (Wildman–Crippen MR) is 282 cm³/mol. The van der Waals surface area contributed by atoms with Gasteiger partial charge >= 0.3 is 12.4 Å². The van der Waals surface area contributed by atoms with Crippen molar-refractivity contribution in [2.45, 2.75) is 151 Å². The van der Waals surface area contributed by atoms with Crippen molar-refractivity contribution in [3.05, 3.63) is 143 Å². The summed E-state index contributed by atoms with van der Waals surface area (Å²) >= 11 is 0. The zero-order chi connectivity index (χ0) is 54.1. The highest BCUT2D eigenvalue weighted by molar-refractivity contribution is 6.91. The molecule has 0 aliphatic rings. The van der Waals surface area contributed by atoms with E-state index in [-0.39, 0.29) is 44.4 Å². The van der Waals surface area contributed by atoms with Gasteiger partial charge in [0.15, 0.2) is 0 Å². The SMILES string of the molecule is COC(C#CC(O)(C#C[Si](C(C)C)(C(C)C)C(C)C)c1ccc(C(F)(F)F)cc1)(C#CC(C#CC(O)(C#C[Si](C(C)C)(C(C)C)C(C)C)c1ccc(C(F)(F)F)cc1)(OC)c1ccccc1)c1ccccc1. The highest BCUT2D eigenvalue weighted by Gasteiger charge is 2.45. The normalized spacial score (nSPS) is 15.6. The monoisotopic (exact) mass is 1020 g/mol. The van der Waals surface area contributed by atoms with Crippen LogP contribution in [0.5, 0.6) is 0 Å². The molecule has 4 atom stereocenters. The Hall–Kier alpha value is -5.47. The molecule has 4 nitrogen and oxygen atoms in total. The number of ether oxygens (including phenoxy) is 2. The Labute approximate surface area is 426 Å². The number of aliphatic hydroxyl groups is 2. The molecule has 0 aliphatic heterocycles. The van der Waals surface area contributed by atoms with Gasteiger partial charge in [0.2, 0.25) is 22.4 Å². The Bertz CT molecular complexity index is 2550. The van der Waals surface area contributed by atoms with Crippen molar-refractivity contribution in [3.8, 4) is 58.5 Å². The maximum absolute atomic E-state index is 13.9. The van der Waals surface area contributed by atoms with Crippen LogP contribution < -0.4 is 0 Å². The molecule has 0 amide bonds. The lowest BCUT2D eigenvalue weighted by Crippen LogP contribution is -2.44. The summed E-state index contributed by atoms with van der Waals surface area (Å²) in [4.78, 5) is 0. The molecule has 0 radical (unpaired) electrons. The zero-order valence-corrected chi connectivity index (χ0v) is 45.8. The first kappa shape index (κ1) is 59.1. The van der Waals surface area contributed by atoms with E-state index < -0.39 is 62.0 Å². The molecule has 4 aromatic rings. The number of hydrogen-bond acceptors (Lipinski definition) is 4. The molecule has 0 fully saturated rings. The van der Waals surface area contributed by atoms with E-state index in [2.05, 4.69) is 142 Å². The Kier molecular flexibility index (Phi) is 19.0. The van der Waals surface area contributed by atoms with Gasteiger partial charge in [0.1, 0.15) is 16.1 Å². The fraction of sp³-hybridized carbons (Fsp3) is 0.433. The van der Waals surface area contributed by atoms with Crippen LogP contribution in [-0.2, 0) is 44.2 Å². The third-order valence-electron chi connectivity index (χ3n) is 14.1. The Balaban J connectivity index is 2.18. The van der Waals surface area contributed by atoms with Crippen LogP contribution in [-0.4, -0.2) is 40.6 Å². The molecule has 2 N–H and O–H groups in total. The second-order valence-electron chi connectivity index (χ2n) is 20.1. The van der Waals surface area contributed by atoms with Crippen molar-refractivity contribution >= 4 is 16.1 Å². The van der Waals surface area contributed by atoms with Gasteiger partial charge in [-0.05, 0) is 93.0 Å². The summed E-state index contributed by atoms with van der Waals surface area (Å²) < 4.78 is 95.7. The second-order valence-corrected chi connectivity index (χ2v) is 31.3. The average molecular weight is 1020 g/mol. The maximum atomic E-state index is 13.9. The van der Waals surface area contributed by atoms with E-state index in [4.69, 9.17) is 9.47 Å². The van der Waals surface area contributed by atoms with Gasteiger partial charge in [-0.25, -0.2) is 0 Å². The highest BCUT2D eigenvalue weighted by atomic mass is 28.3. The molecule has 0 heterocycles. The summed E-state index contributed by atoms with van der Waals surface area (Å²) in [6.07, 6.45) is -9.29. The molecule has 12 heteroatoms. The van der Waals surface area contributed by atoms with Crippen LogP contribution in [0.15, 0.2) is 109 Å². The van der Waals surface area contributed by atoms with E-state index >= 15 is 0 Å². The number of alkyl halides is 6. The average Bonchev–Trinajstić information content (AvgIpc) is 3.32. The lowest BCUT2D eigenvalue weighted by Gasteiger charge is -2.38. The van der Waals surface area contributed by atoms with E-state index in [1.54, 1.807) is 60.7 Å². The number of hydrogen-bond donors (Lipinski definition) is 2. The summed E-state index contributed by atoms with van der Waals surface area (Å²) in [5.74, 6) is 24.5. The quantitative estimate of drug-likeness (QED) is 0.0843. The summed E-state index contributed by atoms with van der Waals surface area (Å²) in [6, 6.07) is 25.5. The van der Waals surface area contributed by atoms with Crippen LogP contribution >= 0.6 is 0 Å². The van der Waals surface area contributed by atoms with Gasteiger partial charge in [-0.1, -0.05) is 180 Å². The molecule has 72 heavy (non-hydrogen) atoms. The van der Waals surface area contributed by atoms with Gasteiger partial charge in [-0.2, -0.15) is 26.3 Å². The van der Waals surface area contributed by atoms with Crippen molar-refractivity contribution in [1.29, 1.82) is 0 Å². The Morgan fingerprint density at radius 2 is 0.583 bits per heavy atom. The summed E-state index contributed by atoms with van der Waals surface area (Å²) in [6.45, 7) is 25.1. The first-order valence-corrected chi connectivity index (χ1v) is 28.6. The van der Waals surface area contributed by atoms with Crippen LogP contribution in [0.1, 0.15) is 116 Å². The molecule has 0 aliphatic carbocycles. The maximum Gasteiger partial charge on any atom is 0.416 e. The molecular weight excluding hydrogens is 955 g/mol. The summed E-state index contributed by atoms with van der Waals surface area (Å²) in [5, 5.41) is 25.5. The van der Waals surface area contributed by atoms with Crippen LogP contribution in [0.4, 0.5) is 26.3 Å². The number of rotatable bonds is 12. The molecule has 0 aromatic heterocycles. The van der Waals surface area contributed by atoms with Crippen molar-refractivity contribution in [3.63, 3.8) is 0 Å².